The summed E-state index contributed by atoms with van der Waals surface area (Å²) in [6.45, 7) is 5.93. The molecule has 0 fully saturated rings. The van der Waals surface area contributed by atoms with E-state index in [1.165, 1.54) is 0 Å². The van der Waals surface area contributed by atoms with Crippen LogP contribution in [0.4, 0.5) is 26.3 Å². The molecule has 0 unspecified atom stereocenters. The van der Waals surface area contributed by atoms with Crippen molar-refractivity contribution in [3.63, 3.8) is 0 Å². The summed E-state index contributed by atoms with van der Waals surface area (Å²) in [5, 5.41) is 0. The molecule has 0 bridgehead atoms. The summed E-state index contributed by atoms with van der Waals surface area (Å²) < 4.78 is 84.3. The van der Waals surface area contributed by atoms with Crippen LogP contribution in [0.25, 0.3) is 0 Å². The lowest BCUT2D eigenvalue weighted by atomic mass is 9.91. The number of esters is 1. The van der Waals surface area contributed by atoms with E-state index in [0.717, 1.165) is 6.92 Å². The Morgan fingerprint density at radius 3 is 1.83 bits per heavy atom. The minimum atomic E-state index is -5.38. The molecular weight excluding hydrogens is 338 g/mol. The molecule has 0 saturated heterocycles. The summed E-state index contributed by atoms with van der Waals surface area (Å²) >= 11 is 0. The zero-order chi connectivity index (χ0) is 19.2. The Balaban J connectivity index is 4.27. The molecule has 0 rings (SSSR count). The Kier molecular flexibility index (Phi) is 8.09. The third-order valence-electron chi connectivity index (χ3n) is 4.17. The van der Waals surface area contributed by atoms with Gasteiger partial charge in [0, 0.05) is 12.8 Å². The Hall–Kier alpha value is -0.950. The molecule has 0 amide bonds. The van der Waals surface area contributed by atoms with Gasteiger partial charge in [0.2, 0.25) is 0 Å². The molecule has 0 heterocycles. The average molecular weight is 364 g/mol. The standard InChI is InChI=1S/C16H26F6O2/c1-5-13(3,4)12(23)24-11-9-7-8-10-15(19,20)16(21,22)14(17,18)6-2/h5-11H2,1-4H3. The first-order valence-electron chi connectivity index (χ1n) is 8.06. The van der Waals surface area contributed by atoms with Crippen molar-refractivity contribution in [1.82, 2.24) is 0 Å². The van der Waals surface area contributed by atoms with Crippen LogP contribution < -0.4 is 0 Å². The molecule has 0 N–H and O–H groups in total. The second-order valence-corrected chi connectivity index (χ2v) is 6.52. The first-order valence-corrected chi connectivity index (χ1v) is 8.06. The van der Waals surface area contributed by atoms with Gasteiger partial charge in [0.05, 0.1) is 12.0 Å². The minimum absolute atomic E-state index is 0.0185. The number of hydrogen-bond acceptors (Lipinski definition) is 2. The van der Waals surface area contributed by atoms with Gasteiger partial charge in [-0.25, -0.2) is 0 Å². The molecule has 24 heavy (non-hydrogen) atoms. The molecule has 0 aromatic rings. The average Bonchev–Trinajstić information content (AvgIpc) is 2.49. The Morgan fingerprint density at radius 1 is 0.833 bits per heavy atom. The predicted octanol–water partition coefficient (Wildman–Crippen LogP) is 5.84. The largest absolute Gasteiger partial charge is 0.465 e. The zero-order valence-corrected chi connectivity index (χ0v) is 14.5. The molecule has 0 aliphatic rings. The normalized spacial score (nSPS) is 13.9. The molecule has 0 radical (unpaired) electrons. The second-order valence-electron chi connectivity index (χ2n) is 6.52. The highest BCUT2D eigenvalue weighted by molar-refractivity contribution is 5.75. The first-order chi connectivity index (χ1) is 10.7. The van der Waals surface area contributed by atoms with Crippen LogP contribution >= 0.6 is 0 Å². The van der Waals surface area contributed by atoms with Crippen LogP contribution in [-0.4, -0.2) is 30.3 Å². The van der Waals surface area contributed by atoms with Crippen molar-refractivity contribution in [1.29, 1.82) is 0 Å². The van der Waals surface area contributed by atoms with Gasteiger partial charge in [0.25, 0.3) is 0 Å². The lowest BCUT2D eigenvalue weighted by Gasteiger charge is -2.32. The van der Waals surface area contributed by atoms with Crippen molar-refractivity contribution in [2.45, 2.75) is 84.0 Å². The Labute approximate surface area is 138 Å². The Bertz CT molecular complexity index is 407. The molecule has 2 nitrogen and oxygen atoms in total. The fourth-order valence-electron chi connectivity index (χ4n) is 1.78. The number of ether oxygens (including phenoxy) is 1. The van der Waals surface area contributed by atoms with Gasteiger partial charge in [-0.3, -0.25) is 4.79 Å². The zero-order valence-electron chi connectivity index (χ0n) is 14.5. The van der Waals surface area contributed by atoms with Crippen LogP contribution in [0.5, 0.6) is 0 Å². The van der Waals surface area contributed by atoms with Gasteiger partial charge in [0.15, 0.2) is 0 Å². The number of halogens is 6. The maximum Gasteiger partial charge on any atom is 0.371 e. The molecule has 0 aliphatic heterocycles. The van der Waals surface area contributed by atoms with Gasteiger partial charge in [-0.2, -0.15) is 26.3 Å². The minimum Gasteiger partial charge on any atom is -0.465 e. The molecule has 0 saturated carbocycles. The summed E-state index contributed by atoms with van der Waals surface area (Å²) in [7, 11) is 0. The monoisotopic (exact) mass is 364 g/mol. The summed E-state index contributed by atoms with van der Waals surface area (Å²) in [6, 6.07) is 0. The molecule has 0 aliphatic carbocycles. The summed E-state index contributed by atoms with van der Waals surface area (Å²) in [6.07, 6.45) is -2.22. The van der Waals surface area contributed by atoms with Crippen molar-refractivity contribution in [2.24, 2.45) is 5.41 Å². The fraction of sp³-hybridized carbons (Fsp3) is 0.938. The van der Waals surface area contributed by atoms with Gasteiger partial charge in [-0.1, -0.05) is 13.8 Å². The summed E-state index contributed by atoms with van der Waals surface area (Å²) in [5.74, 6) is -15.3. The topological polar surface area (TPSA) is 26.3 Å². The van der Waals surface area contributed by atoms with Crippen molar-refractivity contribution < 1.29 is 35.9 Å². The van der Waals surface area contributed by atoms with Crippen molar-refractivity contribution in [2.75, 3.05) is 6.61 Å². The van der Waals surface area contributed by atoms with Crippen LogP contribution in [0.2, 0.25) is 0 Å². The van der Waals surface area contributed by atoms with Gasteiger partial charge in [-0.15, -0.1) is 0 Å². The fourth-order valence-corrected chi connectivity index (χ4v) is 1.78. The van der Waals surface area contributed by atoms with Crippen LogP contribution in [0.3, 0.4) is 0 Å². The molecule has 8 heteroatoms. The van der Waals surface area contributed by atoms with Crippen LogP contribution in [-0.2, 0) is 9.53 Å². The molecule has 0 atom stereocenters. The highest BCUT2D eigenvalue weighted by atomic mass is 19.3. The number of hydrogen-bond donors (Lipinski definition) is 0. The van der Waals surface area contributed by atoms with Crippen molar-refractivity contribution >= 4 is 5.97 Å². The van der Waals surface area contributed by atoms with E-state index in [0.29, 0.717) is 6.42 Å². The van der Waals surface area contributed by atoms with E-state index in [1.807, 2.05) is 6.92 Å². The molecule has 0 spiro atoms. The summed E-state index contributed by atoms with van der Waals surface area (Å²) in [5.41, 5.74) is -0.652. The van der Waals surface area contributed by atoms with E-state index >= 15 is 0 Å². The third kappa shape index (κ3) is 5.55. The van der Waals surface area contributed by atoms with Gasteiger partial charge in [-0.05, 0) is 39.5 Å². The van der Waals surface area contributed by atoms with Gasteiger partial charge >= 0.3 is 23.7 Å². The van der Waals surface area contributed by atoms with E-state index in [-0.39, 0.29) is 25.9 Å². The number of alkyl halides is 6. The quantitative estimate of drug-likeness (QED) is 0.261. The van der Waals surface area contributed by atoms with Crippen LogP contribution in [0, 0.1) is 5.41 Å². The highest BCUT2D eigenvalue weighted by Gasteiger charge is 2.69. The van der Waals surface area contributed by atoms with E-state index in [2.05, 4.69) is 0 Å². The molecule has 0 aromatic carbocycles. The number of carbonyl (C=O) groups excluding carboxylic acids is 1. The van der Waals surface area contributed by atoms with Gasteiger partial charge < -0.3 is 4.74 Å². The van der Waals surface area contributed by atoms with E-state index in [9.17, 15) is 31.1 Å². The lowest BCUT2D eigenvalue weighted by molar-refractivity contribution is -0.311. The van der Waals surface area contributed by atoms with Crippen LogP contribution in [0.1, 0.15) is 66.2 Å². The molecule has 0 aromatic heterocycles. The van der Waals surface area contributed by atoms with Crippen molar-refractivity contribution in [3.8, 4) is 0 Å². The maximum atomic E-state index is 13.4. The summed E-state index contributed by atoms with van der Waals surface area (Å²) in [4.78, 5) is 11.6. The van der Waals surface area contributed by atoms with Crippen LogP contribution in [0.15, 0.2) is 0 Å². The number of rotatable bonds is 11. The van der Waals surface area contributed by atoms with E-state index in [1.54, 1.807) is 13.8 Å². The Morgan fingerprint density at radius 2 is 1.38 bits per heavy atom. The SMILES string of the molecule is CCC(C)(C)C(=O)OCCCCCC(F)(F)C(F)(F)C(F)(F)CC. The number of carbonyl (C=O) groups is 1. The second kappa shape index (κ2) is 8.43. The smallest absolute Gasteiger partial charge is 0.371 e. The maximum absolute atomic E-state index is 13.4. The van der Waals surface area contributed by atoms with E-state index in [4.69, 9.17) is 4.74 Å². The lowest BCUT2D eigenvalue weighted by Crippen LogP contribution is -2.53. The number of unbranched alkanes of at least 4 members (excludes halogenated alkanes) is 2. The van der Waals surface area contributed by atoms with E-state index < -0.39 is 42.0 Å². The van der Waals surface area contributed by atoms with Gasteiger partial charge in [0.1, 0.15) is 0 Å². The van der Waals surface area contributed by atoms with Crippen molar-refractivity contribution in [3.05, 3.63) is 0 Å². The highest BCUT2D eigenvalue weighted by Crippen LogP contribution is 2.49. The third-order valence-corrected chi connectivity index (χ3v) is 4.17. The predicted molar refractivity (Wildman–Crippen MR) is 78.6 cm³/mol. The molecular formula is C16H26F6O2. The molecule has 144 valence electrons. The first kappa shape index (κ1) is 23.1.